The van der Waals surface area contributed by atoms with Gasteiger partial charge in [-0.1, -0.05) is 72.8 Å². The summed E-state index contributed by atoms with van der Waals surface area (Å²) < 4.78 is 49.2. The Morgan fingerprint density at radius 1 is 0.879 bits per heavy atom. The number of benzene rings is 4. The maximum absolute atomic E-state index is 13.6. The van der Waals surface area contributed by atoms with E-state index >= 15 is 0 Å². The van der Waals surface area contributed by atoms with Gasteiger partial charge < -0.3 is 48.6 Å². The first-order chi connectivity index (χ1) is 27.8. The fourth-order valence-electron chi connectivity index (χ4n) is 6.79. The number of rotatable bonds is 16. The predicted octanol–water partition coefficient (Wildman–Crippen LogP) is 4.23. The van der Waals surface area contributed by atoms with Crippen LogP contribution in [0.1, 0.15) is 40.2 Å². The standard InChI is InChI=1S/C41H42N3O13P/c1-4-54-35(45)26-55-36-38(44-22-21-34(43-39(44)47)42-37(46)27-13-7-5-8-14-27)57-33(41(36,48)58(49,50)51)25-56-40(28-15-9-6-10-16-28,29-17-11-19-31(23-29)52-2)30-18-12-20-32(24-30)53-3/h5-24,33,36,38,48H,4,25-26H2,1-3H3,(H2,49,50,51)(H,42,43,46,47)/t33-,36?,38-,41?/m1/s1. The number of hydrogen-bond acceptors (Lipinski definition) is 12. The molecule has 5 aromatic rings. The van der Waals surface area contributed by atoms with E-state index < -0.39 is 67.8 Å². The number of carbonyl (C=O) groups is 2. The van der Waals surface area contributed by atoms with Crippen LogP contribution in [-0.2, 0) is 33.9 Å². The molecule has 58 heavy (non-hydrogen) atoms. The molecular formula is C41H42N3O13P. The van der Waals surface area contributed by atoms with Crippen molar-refractivity contribution in [2.75, 3.05) is 39.4 Å². The van der Waals surface area contributed by atoms with Gasteiger partial charge in [-0.05, 0) is 66.1 Å². The maximum atomic E-state index is 13.6. The lowest BCUT2D eigenvalue weighted by Crippen LogP contribution is -2.52. The van der Waals surface area contributed by atoms with Crippen LogP contribution in [-0.4, -0.2) is 87.9 Å². The number of nitrogens with one attached hydrogen (secondary N) is 1. The largest absolute Gasteiger partial charge is 0.497 e. The van der Waals surface area contributed by atoms with Gasteiger partial charge in [0.25, 0.3) is 5.91 Å². The van der Waals surface area contributed by atoms with Crippen LogP contribution in [0.15, 0.2) is 126 Å². The summed E-state index contributed by atoms with van der Waals surface area (Å²) >= 11 is 0. The third-order valence-electron chi connectivity index (χ3n) is 9.57. The molecule has 2 heterocycles. The zero-order chi connectivity index (χ0) is 41.5. The van der Waals surface area contributed by atoms with Gasteiger partial charge in [-0.25, -0.2) is 9.59 Å². The molecule has 0 spiro atoms. The van der Waals surface area contributed by atoms with Crippen LogP contribution in [0.3, 0.4) is 0 Å². The lowest BCUT2D eigenvalue weighted by atomic mass is 9.79. The number of methoxy groups -OCH3 is 2. The van der Waals surface area contributed by atoms with E-state index in [-0.39, 0.29) is 12.4 Å². The zero-order valence-electron chi connectivity index (χ0n) is 31.7. The second kappa shape index (κ2) is 17.8. The molecule has 1 aliphatic rings. The van der Waals surface area contributed by atoms with Crippen LogP contribution in [0.2, 0.25) is 0 Å². The molecule has 17 heteroatoms. The van der Waals surface area contributed by atoms with E-state index in [1.54, 1.807) is 116 Å². The Balaban J connectivity index is 1.45. The summed E-state index contributed by atoms with van der Waals surface area (Å²) in [7, 11) is -2.73. The highest BCUT2D eigenvalue weighted by Gasteiger charge is 2.67. The van der Waals surface area contributed by atoms with Gasteiger partial charge in [0, 0.05) is 11.8 Å². The second-order valence-corrected chi connectivity index (χ2v) is 14.8. The van der Waals surface area contributed by atoms with Crippen LogP contribution in [0, 0.1) is 0 Å². The van der Waals surface area contributed by atoms with Crippen LogP contribution >= 0.6 is 7.60 Å². The molecule has 0 radical (unpaired) electrons. The molecule has 6 rings (SSSR count). The average molecular weight is 816 g/mol. The second-order valence-electron chi connectivity index (χ2n) is 13.0. The molecule has 2 unspecified atom stereocenters. The monoisotopic (exact) mass is 815 g/mol. The van der Waals surface area contributed by atoms with Crippen molar-refractivity contribution in [3.8, 4) is 11.5 Å². The molecule has 1 aromatic heterocycles. The molecule has 304 valence electrons. The van der Waals surface area contributed by atoms with Crippen molar-refractivity contribution >= 4 is 25.3 Å². The molecule has 1 fully saturated rings. The van der Waals surface area contributed by atoms with Crippen LogP contribution in [0.5, 0.6) is 11.5 Å². The fourth-order valence-corrected chi connectivity index (χ4v) is 7.83. The number of ether oxygens (including phenoxy) is 6. The Morgan fingerprint density at radius 3 is 2.02 bits per heavy atom. The summed E-state index contributed by atoms with van der Waals surface area (Å²) in [5, 5.41) is 11.6. The minimum atomic E-state index is -5.73. The summed E-state index contributed by atoms with van der Waals surface area (Å²) in [6.45, 7) is -0.120. The number of aromatic nitrogens is 2. The minimum Gasteiger partial charge on any atom is -0.497 e. The van der Waals surface area contributed by atoms with Crippen molar-refractivity contribution in [1.29, 1.82) is 0 Å². The van der Waals surface area contributed by atoms with Gasteiger partial charge in [-0.15, -0.1) is 0 Å². The molecular weight excluding hydrogens is 773 g/mol. The Hall–Kier alpha value is -5.71. The fraction of sp³-hybridized carbons (Fsp3) is 0.268. The van der Waals surface area contributed by atoms with Gasteiger partial charge in [0.2, 0.25) is 5.34 Å². The molecule has 1 saturated heterocycles. The highest BCUT2D eigenvalue weighted by atomic mass is 31.2. The Bertz CT molecular complexity index is 2270. The summed E-state index contributed by atoms with van der Waals surface area (Å²) in [6, 6.07) is 32.4. The van der Waals surface area contributed by atoms with E-state index in [0.29, 0.717) is 33.8 Å². The van der Waals surface area contributed by atoms with E-state index in [9.17, 15) is 33.8 Å². The molecule has 0 bridgehead atoms. The third-order valence-corrected chi connectivity index (χ3v) is 11.0. The van der Waals surface area contributed by atoms with Gasteiger partial charge in [-0.3, -0.25) is 13.9 Å². The smallest absolute Gasteiger partial charge is 0.362 e. The quantitative estimate of drug-likeness (QED) is 0.0624. The number of esters is 1. The Kier molecular flexibility index (Phi) is 12.9. The minimum absolute atomic E-state index is 0.0400. The Morgan fingerprint density at radius 2 is 1.47 bits per heavy atom. The van der Waals surface area contributed by atoms with E-state index in [1.807, 2.05) is 0 Å². The summed E-state index contributed by atoms with van der Waals surface area (Å²) in [6.07, 6.45) is -4.69. The van der Waals surface area contributed by atoms with Gasteiger partial charge in [-0.2, -0.15) is 4.98 Å². The molecule has 1 amide bonds. The van der Waals surface area contributed by atoms with Crippen molar-refractivity contribution < 1.29 is 57.5 Å². The topological polar surface area (TPSA) is 214 Å². The van der Waals surface area contributed by atoms with E-state index in [0.717, 1.165) is 10.8 Å². The molecule has 4 atom stereocenters. The van der Waals surface area contributed by atoms with Crippen molar-refractivity contribution in [2.45, 2.75) is 36.3 Å². The van der Waals surface area contributed by atoms with Crippen LogP contribution in [0.4, 0.5) is 5.82 Å². The highest BCUT2D eigenvalue weighted by molar-refractivity contribution is 7.53. The number of aliphatic hydroxyl groups is 1. The van der Waals surface area contributed by atoms with Crippen LogP contribution < -0.4 is 20.5 Å². The van der Waals surface area contributed by atoms with Crippen molar-refractivity contribution in [1.82, 2.24) is 9.55 Å². The van der Waals surface area contributed by atoms with Gasteiger partial charge in [0.05, 0.1) is 27.4 Å². The van der Waals surface area contributed by atoms with Gasteiger partial charge in [0.15, 0.2) is 6.23 Å². The highest BCUT2D eigenvalue weighted by Crippen LogP contribution is 2.60. The van der Waals surface area contributed by atoms with E-state index in [1.165, 1.54) is 20.3 Å². The molecule has 0 aliphatic carbocycles. The lowest BCUT2D eigenvalue weighted by Gasteiger charge is -2.39. The first kappa shape index (κ1) is 41.9. The predicted molar refractivity (Wildman–Crippen MR) is 208 cm³/mol. The molecule has 16 nitrogen and oxygen atoms in total. The number of nitrogens with zero attached hydrogens (tertiary/aromatic N) is 2. The SMILES string of the molecule is CCOC(=O)COC1[C@H](n2ccc(NC(=O)c3ccccc3)nc2=O)O[C@H](COC(c2ccccc2)(c2cccc(OC)c2)c2cccc(OC)c2)C1(O)P(=O)(O)O. The van der Waals surface area contributed by atoms with Crippen molar-refractivity contribution in [3.63, 3.8) is 0 Å². The van der Waals surface area contributed by atoms with Crippen LogP contribution in [0.25, 0.3) is 0 Å². The van der Waals surface area contributed by atoms with Crippen molar-refractivity contribution in [2.24, 2.45) is 0 Å². The average Bonchev–Trinajstić information content (AvgIpc) is 3.52. The van der Waals surface area contributed by atoms with Gasteiger partial charge >= 0.3 is 19.3 Å². The summed E-state index contributed by atoms with van der Waals surface area (Å²) in [5.41, 5.74) is -0.742. The normalized spacial score (nSPS) is 19.3. The van der Waals surface area contributed by atoms with Crippen molar-refractivity contribution in [3.05, 3.63) is 154 Å². The number of anilines is 1. The summed E-state index contributed by atoms with van der Waals surface area (Å²) in [4.78, 5) is 64.7. The number of hydrogen-bond donors (Lipinski definition) is 4. The first-order valence-electron chi connectivity index (χ1n) is 18.0. The number of amides is 1. The van der Waals surface area contributed by atoms with Gasteiger partial charge in [0.1, 0.15) is 41.7 Å². The molecule has 1 aliphatic heterocycles. The summed E-state index contributed by atoms with van der Waals surface area (Å²) in [5.74, 6) is -0.684. The number of carbonyl (C=O) groups excluding carboxylic acids is 2. The lowest BCUT2D eigenvalue weighted by molar-refractivity contribution is -0.156. The molecule has 0 saturated carbocycles. The maximum Gasteiger partial charge on any atom is 0.362 e. The van der Waals surface area contributed by atoms with E-state index in [4.69, 9.17) is 28.4 Å². The first-order valence-corrected chi connectivity index (χ1v) is 19.6. The van der Waals surface area contributed by atoms with E-state index in [2.05, 4.69) is 10.3 Å². The third kappa shape index (κ3) is 8.44. The molecule has 4 N–H and O–H groups in total. The Labute approximate surface area is 333 Å². The zero-order valence-corrected chi connectivity index (χ0v) is 32.6. The molecule has 4 aromatic carbocycles.